The Morgan fingerprint density at radius 3 is 2.68 bits per heavy atom. The van der Waals surface area contributed by atoms with Gasteiger partial charge in [-0.1, -0.05) is 49.8 Å². The van der Waals surface area contributed by atoms with Crippen molar-refractivity contribution < 1.29 is 4.52 Å². The summed E-state index contributed by atoms with van der Waals surface area (Å²) in [7, 11) is 0. The van der Waals surface area contributed by atoms with Gasteiger partial charge in [-0.2, -0.15) is 9.50 Å². The van der Waals surface area contributed by atoms with Crippen LogP contribution in [-0.2, 0) is 11.2 Å². The minimum Gasteiger partial charge on any atom is -0.338 e. The lowest BCUT2D eigenvalue weighted by Crippen LogP contribution is -2.13. The molecule has 0 bridgehead atoms. The van der Waals surface area contributed by atoms with Crippen LogP contribution >= 0.6 is 11.8 Å². The van der Waals surface area contributed by atoms with Gasteiger partial charge >= 0.3 is 0 Å². The van der Waals surface area contributed by atoms with E-state index in [0.29, 0.717) is 23.3 Å². The summed E-state index contributed by atoms with van der Waals surface area (Å²) in [6.07, 6.45) is 0. The number of aromatic nitrogens is 6. The fraction of sp³-hybridized carbons (Fsp3) is 0.353. The molecule has 3 heterocycles. The lowest BCUT2D eigenvalue weighted by Gasteiger charge is -2.10. The smallest absolute Gasteiger partial charge is 0.237 e. The molecule has 1 aromatic carbocycles. The summed E-state index contributed by atoms with van der Waals surface area (Å²) in [5, 5.41) is 10.3. The molecule has 3 aromatic heterocycles. The Labute approximate surface area is 148 Å². The number of nitrogens with zero attached hydrogens (tertiary/aromatic N) is 6. The molecule has 0 saturated heterocycles. The van der Waals surface area contributed by atoms with E-state index in [1.54, 1.807) is 4.52 Å². The first-order valence-corrected chi connectivity index (χ1v) is 8.98. The van der Waals surface area contributed by atoms with Crippen molar-refractivity contribution >= 4 is 28.3 Å². The van der Waals surface area contributed by atoms with E-state index in [-0.39, 0.29) is 5.41 Å². The van der Waals surface area contributed by atoms with Crippen LogP contribution in [0, 0.1) is 6.92 Å². The molecule has 0 fully saturated rings. The first-order chi connectivity index (χ1) is 11.9. The van der Waals surface area contributed by atoms with Crippen LogP contribution in [0.3, 0.4) is 0 Å². The highest BCUT2D eigenvalue weighted by atomic mass is 32.2. The third-order valence-corrected chi connectivity index (χ3v) is 4.63. The Hall–Kier alpha value is -2.48. The topological polar surface area (TPSA) is 82.0 Å². The molecule has 0 unspecified atom stereocenters. The van der Waals surface area contributed by atoms with Crippen LogP contribution in [0.5, 0.6) is 0 Å². The minimum absolute atomic E-state index is 0.135. The number of rotatable bonds is 3. The van der Waals surface area contributed by atoms with E-state index >= 15 is 0 Å². The monoisotopic (exact) mass is 354 g/mol. The van der Waals surface area contributed by atoms with Gasteiger partial charge in [0.1, 0.15) is 5.82 Å². The molecule has 0 aliphatic carbocycles. The van der Waals surface area contributed by atoms with Crippen LogP contribution in [0.15, 0.2) is 33.9 Å². The number of aryl methyl sites for hydroxylation is 1. The molecule has 0 radical (unpaired) electrons. The first-order valence-electron chi connectivity index (χ1n) is 8.00. The van der Waals surface area contributed by atoms with E-state index in [1.165, 1.54) is 11.8 Å². The maximum absolute atomic E-state index is 5.36. The van der Waals surface area contributed by atoms with E-state index in [0.717, 1.165) is 21.7 Å². The summed E-state index contributed by atoms with van der Waals surface area (Å²) < 4.78 is 7.14. The molecule has 7 nitrogen and oxygen atoms in total. The van der Waals surface area contributed by atoms with Gasteiger partial charge in [-0.15, -0.1) is 5.10 Å². The van der Waals surface area contributed by atoms with Gasteiger partial charge in [0.25, 0.3) is 0 Å². The van der Waals surface area contributed by atoms with Crippen molar-refractivity contribution in [2.75, 3.05) is 0 Å². The van der Waals surface area contributed by atoms with E-state index < -0.39 is 0 Å². The maximum atomic E-state index is 5.36. The zero-order chi connectivity index (χ0) is 17.6. The predicted octanol–water partition coefficient (Wildman–Crippen LogP) is 3.56. The third-order valence-electron chi connectivity index (χ3n) is 3.72. The Balaban J connectivity index is 1.70. The molecule has 0 amide bonds. The summed E-state index contributed by atoms with van der Waals surface area (Å²) >= 11 is 1.51. The number of hydrogen-bond donors (Lipinski definition) is 0. The molecular formula is C17H18N6OS. The number of hydrogen-bond acceptors (Lipinski definition) is 7. The second-order valence-electron chi connectivity index (χ2n) is 6.86. The summed E-state index contributed by atoms with van der Waals surface area (Å²) in [6.45, 7) is 8.05. The summed E-state index contributed by atoms with van der Waals surface area (Å²) in [4.78, 5) is 13.7. The molecule has 8 heteroatoms. The van der Waals surface area contributed by atoms with E-state index in [1.807, 2.05) is 31.2 Å². The van der Waals surface area contributed by atoms with Crippen LogP contribution in [-0.4, -0.2) is 29.7 Å². The fourth-order valence-electron chi connectivity index (χ4n) is 2.47. The molecule has 4 rings (SSSR count). The zero-order valence-electron chi connectivity index (χ0n) is 14.5. The van der Waals surface area contributed by atoms with Gasteiger partial charge in [0.2, 0.25) is 5.89 Å². The van der Waals surface area contributed by atoms with Crippen LogP contribution < -0.4 is 0 Å². The van der Waals surface area contributed by atoms with Crippen molar-refractivity contribution in [1.82, 2.24) is 29.7 Å². The SMILES string of the molecule is Cc1nc2c3ccccc3nc(SCc3nc(C(C)(C)C)no3)n2n1. The Bertz CT molecular complexity index is 1060. The van der Waals surface area contributed by atoms with Crippen molar-refractivity contribution in [3.05, 3.63) is 41.8 Å². The van der Waals surface area contributed by atoms with Crippen LogP contribution in [0.4, 0.5) is 0 Å². The lowest BCUT2D eigenvalue weighted by molar-refractivity contribution is 0.372. The number of benzene rings is 1. The summed E-state index contributed by atoms with van der Waals surface area (Å²) in [6, 6.07) is 7.94. The molecule has 0 atom stereocenters. The van der Waals surface area contributed by atoms with Crippen molar-refractivity contribution in [1.29, 1.82) is 0 Å². The molecule has 128 valence electrons. The van der Waals surface area contributed by atoms with E-state index in [2.05, 4.69) is 41.0 Å². The van der Waals surface area contributed by atoms with Gasteiger partial charge in [-0.3, -0.25) is 0 Å². The Kier molecular flexibility index (Phi) is 3.72. The average Bonchev–Trinajstić information content (AvgIpc) is 3.18. The van der Waals surface area contributed by atoms with Crippen molar-refractivity contribution in [2.45, 2.75) is 44.0 Å². The standard InChI is InChI=1S/C17H18N6OS/c1-10-18-14-11-7-5-6-8-12(11)19-16(23(14)21-10)25-9-13-20-15(22-24-13)17(2,3)4/h5-8H,9H2,1-4H3. The third kappa shape index (κ3) is 2.97. The summed E-state index contributed by atoms with van der Waals surface area (Å²) in [5.41, 5.74) is 1.57. The quantitative estimate of drug-likeness (QED) is 0.411. The molecule has 0 N–H and O–H groups in total. The van der Waals surface area contributed by atoms with Gasteiger partial charge in [-0.25, -0.2) is 9.97 Å². The highest BCUT2D eigenvalue weighted by Crippen LogP contribution is 2.26. The Morgan fingerprint density at radius 2 is 1.92 bits per heavy atom. The largest absolute Gasteiger partial charge is 0.338 e. The average molecular weight is 354 g/mol. The van der Waals surface area contributed by atoms with Crippen LogP contribution in [0.2, 0.25) is 0 Å². The van der Waals surface area contributed by atoms with Gasteiger partial charge in [0.05, 0.1) is 11.3 Å². The maximum Gasteiger partial charge on any atom is 0.237 e. The van der Waals surface area contributed by atoms with Crippen LogP contribution in [0.1, 0.15) is 38.3 Å². The molecule has 4 aromatic rings. The zero-order valence-corrected chi connectivity index (χ0v) is 15.3. The van der Waals surface area contributed by atoms with E-state index in [4.69, 9.17) is 9.51 Å². The van der Waals surface area contributed by atoms with Crippen LogP contribution in [0.25, 0.3) is 16.6 Å². The molecular weight excluding hydrogens is 336 g/mol. The number of fused-ring (bicyclic) bond motifs is 3. The number of para-hydroxylation sites is 1. The lowest BCUT2D eigenvalue weighted by atomic mass is 9.96. The minimum atomic E-state index is -0.135. The molecule has 0 saturated carbocycles. The molecule has 25 heavy (non-hydrogen) atoms. The molecule has 0 aliphatic heterocycles. The van der Waals surface area contributed by atoms with Gasteiger partial charge in [-0.05, 0) is 19.1 Å². The van der Waals surface area contributed by atoms with E-state index in [9.17, 15) is 0 Å². The number of thioether (sulfide) groups is 1. The highest BCUT2D eigenvalue weighted by Gasteiger charge is 2.21. The van der Waals surface area contributed by atoms with Crippen molar-refractivity contribution in [2.24, 2.45) is 0 Å². The van der Waals surface area contributed by atoms with Gasteiger partial charge in [0.15, 0.2) is 16.6 Å². The first kappa shape index (κ1) is 16.0. The van der Waals surface area contributed by atoms with Crippen molar-refractivity contribution in [3.8, 4) is 0 Å². The summed E-state index contributed by atoms with van der Waals surface area (Å²) in [5.74, 6) is 2.53. The fourth-order valence-corrected chi connectivity index (χ4v) is 3.25. The van der Waals surface area contributed by atoms with Gasteiger partial charge < -0.3 is 4.52 Å². The Morgan fingerprint density at radius 1 is 1.12 bits per heavy atom. The normalized spacial score (nSPS) is 12.3. The second-order valence-corrected chi connectivity index (χ2v) is 7.80. The molecule has 0 spiro atoms. The molecule has 0 aliphatic rings. The highest BCUT2D eigenvalue weighted by molar-refractivity contribution is 7.98. The van der Waals surface area contributed by atoms with Crippen molar-refractivity contribution in [3.63, 3.8) is 0 Å². The predicted molar refractivity (Wildman–Crippen MR) is 95.6 cm³/mol. The van der Waals surface area contributed by atoms with Gasteiger partial charge in [0, 0.05) is 10.8 Å². The second kappa shape index (κ2) is 5.80.